The minimum atomic E-state index is -0.929. The van der Waals surface area contributed by atoms with Gasteiger partial charge in [0.2, 0.25) is 0 Å². The summed E-state index contributed by atoms with van der Waals surface area (Å²) < 4.78 is 16.0. The number of esters is 1. The first-order chi connectivity index (χ1) is 12.9. The van der Waals surface area contributed by atoms with Crippen LogP contribution in [0, 0.1) is 13.8 Å². The standard InChI is InChI=1S/C21H25NO5/c1-14-9-10-19(25-4)17(13-14)22-21(24)16(3)27-20(23)11-12-26-18-8-6-5-7-15(18)2/h5-10,13,16H,11-12H2,1-4H3,(H,22,24)/t16-/m0/s1. The zero-order valence-electron chi connectivity index (χ0n) is 16.1. The monoisotopic (exact) mass is 371 g/mol. The van der Waals surface area contributed by atoms with Crippen LogP contribution in [0.2, 0.25) is 0 Å². The Morgan fingerprint density at radius 3 is 2.52 bits per heavy atom. The second-order valence-corrected chi connectivity index (χ2v) is 6.19. The molecular formula is C21H25NO5. The molecule has 0 aliphatic rings. The third kappa shape index (κ3) is 6.02. The van der Waals surface area contributed by atoms with Crippen molar-refractivity contribution in [3.05, 3.63) is 53.6 Å². The summed E-state index contributed by atoms with van der Waals surface area (Å²) in [6.07, 6.45) is -0.874. The lowest BCUT2D eigenvalue weighted by Crippen LogP contribution is -2.30. The van der Waals surface area contributed by atoms with Crippen LogP contribution in [-0.2, 0) is 14.3 Å². The maximum atomic E-state index is 12.3. The van der Waals surface area contributed by atoms with Crippen LogP contribution in [0.3, 0.4) is 0 Å². The molecule has 0 aromatic heterocycles. The molecule has 0 saturated carbocycles. The molecule has 0 aliphatic heterocycles. The van der Waals surface area contributed by atoms with E-state index in [-0.39, 0.29) is 13.0 Å². The molecule has 6 nitrogen and oxygen atoms in total. The number of hydrogen-bond acceptors (Lipinski definition) is 5. The smallest absolute Gasteiger partial charge is 0.310 e. The van der Waals surface area contributed by atoms with E-state index >= 15 is 0 Å². The fourth-order valence-corrected chi connectivity index (χ4v) is 2.43. The van der Waals surface area contributed by atoms with E-state index in [9.17, 15) is 9.59 Å². The lowest BCUT2D eigenvalue weighted by Gasteiger charge is -2.16. The molecule has 27 heavy (non-hydrogen) atoms. The molecule has 2 aromatic carbocycles. The average Bonchev–Trinajstić information content (AvgIpc) is 2.63. The highest BCUT2D eigenvalue weighted by atomic mass is 16.5. The first kappa shape index (κ1) is 20.3. The van der Waals surface area contributed by atoms with Crippen molar-refractivity contribution >= 4 is 17.6 Å². The van der Waals surface area contributed by atoms with E-state index in [0.717, 1.165) is 16.9 Å². The molecule has 1 amide bonds. The topological polar surface area (TPSA) is 73.9 Å². The van der Waals surface area contributed by atoms with Crippen LogP contribution in [0.1, 0.15) is 24.5 Å². The predicted molar refractivity (Wildman–Crippen MR) is 103 cm³/mol. The largest absolute Gasteiger partial charge is 0.495 e. The summed E-state index contributed by atoms with van der Waals surface area (Å²) in [5.74, 6) is 0.344. The van der Waals surface area contributed by atoms with E-state index in [1.54, 1.807) is 12.1 Å². The first-order valence-electron chi connectivity index (χ1n) is 8.74. The van der Waals surface area contributed by atoms with Gasteiger partial charge in [-0.2, -0.15) is 0 Å². The average molecular weight is 371 g/mol. The molecule has 0 aliphatic carbocycles. The van der Waals surface area contributed by atoms with Gasteiger partial charge in [-0.1, -0.05) is 24.3 Å². The predicted octanol–water partition coefficient (Wildman–Crippen LogP) is 3.65. The second-order valence-electron chi connectivity index (χ2n) is 6.19. The summed E-state index contributed by atoms with van der Waals surface area (Å²) in [4.78, 5) is 24.2. The van der Waals surface area contributed by atoms with Crippen molar-refractivity contribution in [2.75, 3.05) is 19.0 Å². The Kier molecular flexibility index (Phi) is 7.23. The van der Waals surface area contributed by atoms with Crippen molar-refractivity contribution in [1.29, 1.82) is 0 Å². The van der Waals surface area contributed by atoms with Crippen molar-refractivity contribution in [2.45, 2.75) is 33.3 Å². The molecule has 0 spiro atoms. The van der Waals surface area contributed by atoms with Crippen LogP contribution in [0.25, 0.3) is 0 Å². The lowest BCUT2D eigenvalue weighted by atomic mass is 10.2. The zero-order chi connectivity index (χ0) is 19.8. The van der Waals surface area contributed by atoms with Gasteiger partial charge in [-0.15, -0.1) is 0 Å². The number of methoxy groups -OCH3 is 1. The Labute approximate surface area is 159 Å². The summed E-state index contributed by atoms with van der Waals surface area (Å²) in [5.41, 5.74) is 2.50. The lowest BCUT2D eigenvalue weighted by molar-refractivity contribution is -0.153. The van der Waals surface area contributed by atoms with Crippen LogP contribution >= 0.6 is 0 Å². The quantitative estimate of drug-likeness (QED) is 0.717. The number of nitrogens with one attached hydrogen (secondary N) is 1. The van der Waals surface area contributed by atoms with Gasteiger partial charge in [0.25, 0.3) is 5.91 Å². The number of benzene rings is 2. The first-order valence-corrected chi connectivity index (χ1v) is 8.74. The van der Waals surface area contributed by atoms with E-state index in [2.05, 4.69) is 5.32 Å². The van der Waals surface area contributed by atoms with E-state index in [1.807, 2.05) is 44.2 Å². The molecule has 2 aromatic rings. The summed E-state index contributed by atoms with van der Waals surface area (Å²) in [6.45, 7) is 5.55. The SMILES string of the molecule is COc1ccc(C)cc1NC(=O)[C@H](C)OC(=O)CCOc1ccccc1C. The summed E-state index contributed by atoms with van der Waals surface area (Å²) in [7, 11) is 1.53. The summed E-state index contributed by atoms with van der Waals surface area (Å²) >= 11 is 0. The number of carbonyl (C=O) groups is 2. The number of hydrogen-bond donors (Lipinski definition) is 1. The minimum absolute atomic E-state index is 0.0553. The third-order valence-corrected chi connectivity index (χ3v) is 3.95. The fraction of sp³-hybridized carbons (Fsp3) is 0.333. The minimum Gasteiger partial charge on any atom is -0.495 e. The Hall–Kier alpha value is -3.02. The number of rotatable bonds is 8. The molecular weight excluding hydrogens is 346 g/mol. The molecule has 0 unspecified atom stereocenters. The molecule has 1 N–H and O–H groups in total. The normalized spacial score (nSPS) is 11.4. The van der Waals surface area contributed by atoms with Gasteiger partial charge in [0, 0.05) is 0 Å². The second kappa shape index (κ2) is 9.62. The summed E-state index contributed by atoms with van der Waals surface area (Å²) in [5, 5.41) is 2.72. The molecule has 2 rings (SSSR count). The van der Waals surface area contributed by atoms with Gasteiger partial charge in [-0.25, -0.2) is 0 Å². The van der Waals surface area contributed by atoms with E-state index in [0.29, 0.717) is 11.4 Å². The number of aryl methyl sites for hydroxylation is 2. The number of anilines is 1. The Balaban J connectivity index is 1.82. The molecule has 6 heteroatoms. The molecule has 1 atom stereocenters. The van der Waals surface area contributed by atoms with Crippen molar-refractivity contribution < 1.29 is 23.8 Å². The highest BCUT2D eigenvalue weighted by molar-refractivity contribution is 5.96. The van der Waals surface area contributed by atoms with Crippen molar-refractivity contribution in [1.82, 2.24) is 0 Å². The van der Waals surface area contributed by atoms with Crippen LogP contribution in [0.4, 0.5) is 5.69 Å². The highest BCUT2D eigenvalue weighted by Crippen LogP contribution is 2.25. The molecule has 0 fully saturated rings. The van der Waals surface area contributed by atoms with Crippen molar-refractivity contribution in [3.8, 4) is 11.5 Å². The molecule has 0 bridgehead atoms. The fourth-order valence-electron chi connectivity index (χ4n) is 2.43. The van der Waals surface area contributed by atoms with Gasteiger partial charge >= 0.3 is 5.97 Å². The number of amides is 1. The van der Waals surface area contributed by atoms with Crippen LogP contribution in [-0.4, -0.2) is 31.7 Å². The van der Waals surface area contributed by atoms with E-state index in [1.165, 1.54) is 14.0 Å². The van der Waals surface area contributed by atoms with Gasteiger partial charge in [0.1, 0.15) is 11.5 Å². The Bertz CT molecular complexity index is 803. The van der Waals surface area contributed by atoms with E-state index in [4.69, 9.17) is 14.2 Å². The highest BCUT2D eigenvalue weighted by Gasteiger charge is 2.19. The van der Waals surface area contributed by atoms with Gasteiger partial charge in [0.15, 0.2) is 6.10 Å². The molecule has 0 radical (unpaired) electrons. The number of para-hydroxylation sites is 1. The van der Waals surface area contributed by atoms with Crippen LogP contribution in [0.5, 0.6) is 11.5 Å². The number of carbonyl (C=O) groups excluding carboxylic acids is 2. The van der Waals surface area contributed by atoms with Gasteiger partial charge in [-0.05, 0) is 50.1 Å². The van der Waals surface area contributed by atoms with E-state index < -0.39 is 18.0 Å². The molecule has 0 heterocycles. The van der Waals surface area contributed by atoms with Crippen LogP contribution < -0.4 is 14.8 Å². The zero-order valence-corrected chi connectivity index (χ0v) is 16.1. The van der Waals surface area contributed by atoms with Gasteiger partial charge < -0.3 is 19.5 Å². The Morgan fingerprint density at radius 2 is 1.81 bits per heavy atom. The van der Waals surface area contributed by atoms with Gasteiger partial charge in [0.05, 0.1) is 25.8 Å². The number of ether oxygens (including phenoxy) is 3. The third-order valence-electron chi connectivity index (χ3n) is 3.95. The van der Waals surface area contributed by atoms with Crippen LogP contribution in [0.15, 0.2) is 42.5 Å². The Morgan fingerprint density at radius 1 is 1.07 bits per heavy atom. The maximum Gasteiger partial charge on any atom is 0.310 e. The van der Waals surface area contributed by atoms with Crippen molar-refractivity contribution in [2.24, 2.45) is 0 Å². The van der Waals surface area contributed by atoms with Gasteiger partial charge in [-0.3, -0.25) is 9.59 Å². The molecule has 144 valence electrons. The molecule has 0 saturated heterocycles. The summed E-state index contributed by atoms with van der Waals surface area (Å²) in [6, 6.07) is 13.0. The maximum absolute atomic E-state index is 12.3. The van der Waals surface area contributed by atoms with Crippen molar-refractivity contribution in [3.63, 3.8) is 0 Å².